The summed E-state index contributed by atoms with van der Waals surface area (Å²) in [6, 6.07) is 7.24. The molecule has 0 saturated carbocycles. The van der Waals surface area contributed by atoms with Crippen LogP contribution in [-0.2, 0) is 21.2 Å². The maximum absolute atomic E-state index is 12.4. The van der Waals surface area contributed by atoms with Gasteiger partial charge in [-0.25, -0.2) is 8.42 Å². The van der Waals surface area contributed by atoms with Gasteiger partial charge in [0.1, 0.15) is 0 Å². The molecule has 26 heavy (non-hydrogen) atoms. The Kier molecular flexibility index (Phi) is 9.57. The number of nitrogens with one attached hydrogen (secondary N) is 2. The number of rotatable bonds is 9. The fourth-order valence-corrected chi connectivity index (χ4v) is 4.51. The predicted molar refractivity (Wildman–Crippen MR) is 106 cm³/mol. The van der Waals surface area contributed by atoms with Crippen molar-refractivity contribution >= 4 is 28.3 Å². The van der Waals surface area contributed by atoms with Crippen LogP contribution in [-0.4, -0.2) is 50.9 Å². The molecule has 1 fully saturated rings. The molecule has 6 nitrogen and oxygen atoms in total. The van der Waals surface area contributed by atoms with Gasteiger partial charge in [-0.3, -0.25) is 4.79 Å². The third-order valence-corrected chi connectivity index (χ3v) is 6.68. The minimum absolute atomic E-state index is 0. The maximum atomic E-state index is 12.4. The van der Waals surface area contributed by atoms with Crippen molar-refractivity contribution < 1.29 is 13.2 Å². The van der Waals surface area contributed by atoms with Crippen LogP contribution in [0.15, 0.2) is 29.2 Å². The zero-order chi connectivity index (χ0) is 18.3. The van der Waals surface area contributed by atoms with E-state index < -0.39 is 10.0 Å². The zero-order valence-corrected chi connectivity index (χ0v) is 17.2. The third kappa shape index (κ3) is 6.23. The zero-order valence-electron chi connectivity index (χ0n) is 15.5. The molecular formula is C18H30ClN3O3S. The highest BCUT2D eigenvalue weighted by molar-refractivity contribution is 7.89. The summed E-state index contributed by atoms with van der Waals surface area (Å²) < 4.78 is 26.3. The number of nitrogens with zero attached hydrogens (tertiary/aromatic N) is 1. The summed E-state index contributed by atoms with van der Waals surface area (Å²) in [6.07, 6.45) is 3.30. The molecule has 2 N–H and O–H groups in total. The SMILES string of the molecule is CCN(CC)S(=O)(=O)c1ccc(CCC(=O)NCC2CCCN2)cc1.Cl. The average Bonchev–Trinajstić information content (AvgIpc) is 3.13. The Morgan fingerprint density at radius 3 is 2.42 bits per heavy atom. The van der Waals surface area contributed by atoms with E-state index in [4.69, 9.17) is 0 Å². The van der Waals surface area contributed by atoms with Gasteiger partial charge in [-0.05, 0) is 43.5 Å². The Morgan fingerprint density at radius 1 is 1.23 bits per heavy atom. The largest absolute Gasteiger partial charge is 0.355 e. The Bertz CT molecular complexity index is 655. The first-order valence-electron chi connectivity index (χ1n) is 9.06. The fraction of sp³-hybridized carbons (Fsp3) is 0.611. The second-order valence-corrected chi connectivity index (χ2v) is 8.27. The van der Waals surface area contributed by atoms with Gasteiger partial charge in [0, 0.05) is 32.1 Å². The fourth-order valence-electron chi connectivity index (χ4n) is 3.05. The summed E-state index contributed by atoms with van der Waals surface area (Å²) in [5.74, 6) is 0.0357. The Balaban J connectivity index is 0.00000338. The molecule has 1 unspecified atom stereocenters. The van der Waals surface area contributed by atoms with Crippen LogP contribution in [0.25, 0.3) is 0 Å². The van der Waals surface area contributed by atoms with Crippen LogP contribution in [0.1, 0.15) is 38.7 Å². The summed E-state index contributed by atoms with van der Waals surface area (Å²) >= 11 is 0. The smallest absolute Gasteiger partial charge is 0.243 e. The summed E-state index contributed by atoms with van der Waals surface area (Å²) in [6.45, 7) is 6.28. The molecule has 1 aliphatic heterocycles. The standard InChI is InChI=1S/C18H29N3O3S.ClH/c1-3-21(4-2)25(23,24)17-10-7-15(8-11-17)9-12-18(22)20-14-16-6-5-13-19-16;/h7-8,10-11,16,19H,3-6,9,12-14H2,1-2H3,(H,20,22);1H. The van der Waals surface area contributed by atoms with E-state index in [0.29, 0.717) is 43.4 Å². The summed E-state index contributed by atoms with van der Waals surface area (Å²) in [5, 5.41) is 6.31. The van der Waals surface area contributed by atoms with E-state index in [9.17, 15) is 13.2 Å². The predicted octanol–water partition coefficient (Wildman–Crippen LogP) is 1.94. The van der Waals surface area contributed by atoms with Crippen molar-refractivity contribution in [2.45, 2.75) is 50.5 Å². The molecule has 1 aromatic rings. The van der Waals surface area contributed by atoms with Crippen molar-refractivity contribution in [2.24, 2.45) is 0 Å². The monoisotopic (exact) mass is 403 g/mol. The third-order valence-electron chi connectivity index (χ3n) is 4.62. The maximum Gasteiger partial charge on any atom is 0.243 e. The number of benzene rings is 1. The van der Waals surface area contributed by atoms with Crippen molar-refractivity contribution in [1.29, 1.82) is 0 Å². The van der Waals surface area contributed by atoms with Crippen molar-refractivity contribution in [1.82, 2.24) is 14.9 Å². The lowest BCUT2D eigenvalue weighted by molar-refractivity contribution is -0.121. The number of sulfonamides is 1. The number of halogens is 1. The molecule has 1 aliphatic rings. The van der Waals surface area contributed by atoms with Gasteiger partial charge in [0.25, 0.3) is 0 Å². The van der Waals surface area contributed by atoms with Crippen LogP contribution < -0.4 is 10.6 Å². The molecule has 1 aromatic carbocycles. The van der Waals surface area contributed by atoms with E-state index in [2.05, 4.69) is 10.6 Å². The number of hydrogen-bond donors (Lipinski definition) is 2. The van der Waals surface area contributed by atoms with Gasteiger partial charge in [-0.15, -0.1) is 12.4 Å². The van der Waals surface area contributed by atoms with Gasteiger partial charge in [0.05, 0.1) is 4.90 Å². The molecule has 0 aliphatic carbocycles. The van der Waals surface area contributed by atoms with Crippen LogP contribution in [0.3, 0.4) is 0 Å². The molecule has 1 heterocycles. The van der Waals surface area contributed by atoms with Crippen molar-refractivity contribution in [3.8, 4) is 0 Å². The van der Waals surface area contributed by atoms with Gasteiger partial charge in [-0.2, -0.15) is 4.31 Å². The highest BCUT2D eigenvalue weighted by Crippen LogP contribution is 2.16. The number of carbonyl (C=O) groups is 1. The average molecular weight is 404 g/mol. The molecule has 148 valence electrons. The van der Waals surface area contributed by atoms with Crippen molar-refractivity contribution in [2.75, 3.05) is 26.2 Å². The number of aryl methyl sites for hydroxylation is 1. The van der Waals surface area contributed by atoms with E-state index >= 15 is 0 Å². The van der Waals surface area contributed by atoms with Crippen LogP contribution in [0, 0.1) is 0 Å². The normalized spacial score (nSPS) is 17.1. The number of amides is 1. The van der Waals surface area contributed by atoms with Crippen LogP contribution in [0.5, 0.6) is 0 Å². The lowest BCUT2D eigenvalue weighted by Crippen LogP contribution is -2.37. The second kappa shape index (κ2) is 10.9. The van der Waals surface area contributed by atoms with Crippen LogP contribution in [0.2, 0.25) is 0 Å². The lowest BCUT2D eigenvalue weighted by Gasteiger charge is -2.18. The molecule has 8 heteroatoms. The van der Waals surface area contributed by atoms with E-state index in [1.807, 2.05) is 13.8 Å². The lowest BCUT2D eigenvalue weighted by atomic mass is 10.1. The molecule has 1 saturated heterocycles. The van der Waals surface area contributed by atoms with Crippen molar-refractivity contribution in [3.05, 3.63) is 29.8 Å². The molecule has 2 rings (SSSR count). The summed E-state index contributed by atoms with van der Waals surface area (Å²) in [4.78, 5) is 12.2. The molecule has 0 aromatic heterocycles. The highest BCUT2D eigenvalue weighted by atomic mass is 35.5. The number of hydrogen-bond acceptors (Lipinski definition) is 4. The first-order valence-corrected chi connectivity index (χ1v) is 10.5. The second-order valence-electron chi connectivity index (χ2n) is 6.33. The molecule has 0 spiro atoms. The van der Waals surface area contributed by atoms with Gasteiger partial charge in [0.15, 0.2) is 0 Å². The van der Waals surface area contributed by atoms with Crippen LogP contribution >= 0.6 is 12.4 Å². The van der Waals surface area contributed by atoms with Gasteiger partial charge < -0.3 is 10.6 Å². The van der Waals surface area contributed by atoms with Crippen molar-refractivity contribution in [3.63, 3.8) is 0 Å². The molecule has 0 bridgehead atoms. The molecular weight excluding hydrogens is 374 g/mol. The Labute approximate surface area is 163 Å². The summed E-state index contributed by atoms with van der Waals surface area (Å²) in [5.41, 5.74) is 0.965. The van der Waals surface area contributed by atoms with E-state index in [1.54, 1.807) is 24.3 Å². The van der Waals surface area contributed by atoms with Gasteiger partial charge >= 0.3 is 0 Å². The first kappa shape index (κ1) is 22.9. The Morgan fingerprint density at radius 2 is 1.88 bits per heavy atom. The summed E-state index contributed by atoms with van der Waals surface area (Å²) in [7, 11) is -3.42. The van der Waals surface area contributed by atoms with Crippen LogP contribution in [0.4, 0.5) is 0 Å². The molecule has 0 radical (unpaired) electrons. The van der Waals surface area contributed by atoms with Gasteiger partial charge in [0.2, 0.25) is 15.9 Å². The van der Waals surface area contributed by atoms with E-state index in [1.165, 1.54) is 10.7 Å². The van der Waals surface area contributed by atoms with Gasteiger partial charge in [-0.1, -0.05) is 26.0 Å². The first-order chi connectivity index (χ1) is 12.0. The quantitative estimate of drug-likeness (QED) is 0.660. The molecule has 1 amide bonds. The highest BCUT2D eigenvalue weighted by Gasteiger charge is 2.21. The van der Waals surface area contributed by atoms with E-state index in [0.717, 1.165) is 18.5 Å². The minimum atomic E-state index is -3.42. The molecule has 1 atom stereocenters. The minimum Gasteiger partial charge on any atom is -0.355 e. The topological polar surface area (TPSA) is 78.5 Å². The Hall–Kier alpha value is -1.15. The number of carbonyl (C=O) groups excluding carboxylic acids is 1. The van der Waals surface area contributed by atoms with E-state index in [-0.39, 0.29) is 18.3 Å².